The molecule has 1 fully saturated rings. The van der Waals surface area contributed by atoms with E-state index in [0.29, 0.717) is 5.41 Å². The lowest BCUT2D eigenvalue weighted by molar-refractivity contribution is 0.279. The van der Waals surface area contributed by atoms with Gasteiger partial charge in [0, 0.05) is 11.1 Å². The van der Waals surface area contributed by atoms with Crippen LogP contribution < -0.4 is 5.73 Å². The van der Waals surface area contributed by atoms with Gasteiger partial charge in [0.1, 0.15) is 0 Å². The van der Waals surface area contributed by atoms with Gasteiger partial charge in [-0.05, 0) is 36.3 Å². The van der Waals surface area contributed by atoms with Gasteiger partial charge in [-0.3, -0.25) is 0 Å². The predicted molar refractivity (Wildman–Crippen MR) is 60.2 cm³/mol. The van der Waals surface area contributed by atoms with Gasteiger partial charge in [0.15, 0.2) is 0 Å². The van der Waals surface area contributed by atoms with Gasteiger partial charge in [0.2, 0.25) is 0 Å². The molecule has 70 valence electrons. The molecule has 2 rings (SSSR count). The summed E-state index contributed by atoms with van der Waals surface area (Å²) in [5, 5.41) is 0. The van der Waals surface area contributed by atoms with Crippen LogP contribution in [0.15, 0.2) is 24.3 Å². The maximum atomic E-state index is 5.65. The zero-order valence-corrected chi connectivity index (χ0v) is 8.56. The molecule has 0 aromatic heterocycles. The lowest BCUT2D eigenvalue weighted by Gasteiger charge is -2.41. The summed E-state index contributed by atoms with van der Waals surface area (Å²) >= 11 is 4.44. The Kier molecular flexibility index (Phi) is 2.24. The van der Waals surface area contributed by atoms with E-state index in [0.717, 1.165) is 11.4 Å². The number of rotatable bonds is 2. The fraction of sp³-hybridized carbons (Fsp3) is 0.455. The molecule has 1 nitrogen and oxygen atoms in total. The number of nitrogen functional groups attached to an aromatic ring is 1. The Bertz CT molecular complexity index is 282. The molecule has 0 spiro atoms. The highest BCUT2D eigenvalue weighted by atomic mass is 32.1. The van der Waals surface area contributed by atoms with Crippen LogP contribution in [0.4, 0.5) is 5.69 Å². The van der Waals surface area contributed by atoms with E-state index >= 15 is 0 Å². The monoisotopic (exact) mass is 193 g/mol. The molecule has 1 aliphatic carbocycles. The largest absolute Gasteiger partial charge is 0.399 e. The van der Waals surface area contributed by atoms with Crippen LogP contribution >= 0.6 is 12.6 Å². The van der Waals surface area contributed by atoms with E-state index < -0.39 is 0 Å². The molecule has 0 bridgehead atoms. The van der Waals surface area contributed by atoms with Gasteiger partial charge in [-0.25, -0.2) is 0 Å². The van der Waals surface area contributed by atoms with Crippen molar-refractivity contribution < 1.29 is 0 Å². The topological polar surface area (TPSA) is 26.0 Å². The van der Waals surface area contributed by atoms with Crippen molar-refractivity contribution >= 4 is 18.3 Å². The van der Waals surface area contributed by atoms with E-state index in [1.807, 2.05) is 12.1 Å². The Morgan fingerprint density at radius 2 is 1.85 bits per heavy atom. The summed E-state index contributed by atoms with van der Waals surface area (Å²) in [6, 6.07) is 8.26. The highest BCUT2D eigenvalue weighted by molar-refractivity contribution is 7.80. The second-order valence-electron chi connectivity index (χ2n) is 3.91. The minimum Gasteiger partial charge on any atom is -0.399 e. The number of thiol groups is 1. The number of benzene rings is 1. The molecule has 0 atom stereocenters. The van der Waals surface area contributed by atoms with E-state index in [1.165, 1.54) is 24.8 Å². The van der Waals surface area contributed by atoms with Crippen molar-refractivity contribution in [1.29, 1.82) is 0 Å². The molecule has 0 unspecified atom stereocenters. The first-order valence-corrected chi connectivity index (χ1v) is 5.37. The van der Waals surface area contributed by atoms with Crippen LogP contribution in [-0.4, -0.2) is 5.75 Å². The van der Waals surface area contributed by atoms with E-state index in [1.54, 1.807) is 0 Å². The molecule has 0 heterocycles. The highest BCUT2D eigenvalue weighted by Crippen LogP contribution is 2.44. The molecule has 0 saturated heterocycles. The van der Waals surface area contributed by atoms with E-state index in [9.17, 15) is 0 Å². The van der Waals surface area contributed by atoms with Crippen molar-refractivity contribution in [3.05, 3.63) is 29.8 Å². The van der Waals surface area contributed by atoms with Crippen LogP contribution in [0, 0.1) is 0 Å². The standard InChI is InChI=1S/C11H15NS/c12-10-4-2-9(3-5-10)11(8-13)6-1-7-11/h2-5,13H,1,6-8,12H2. The number of hydrogen-bond acceptors (Lipinski definition) is 2. The van der Waals surface area contributed by atoms with E-state index in [2.05, 4.69) is 24.8 Å². The molecule has 0 aliphatic heterocycles. The van der Waals surface area contributed by atoms with Gasteiger partial charge < -0.3 is 5.73 Å². The zero-order chi connectivity index (χ0) is 9.31. The van der Waals surface area contributed by atoms with Crippen molar-refractivity contribution in [1.82, 2.24) is 0 Å². The van der Waals surface area contributed by atoms with Crippen molar-refractivity contribution in [3.8, 4) is 0 Å². The minimum absolute atomic E-state index is 0.358. The van der Waals surface area contributed by atoms with Crippen LogP contribution in [0.5, 0.6) is 0 Å². The summed E-state index contributed by atoms with van der Waals surface area (Å²) in [4.78, 5) is 0. The molecule has 1 aromatic carbocycles. The summed E-state index contributed by atoms with van der Waals surface area (Å²) < 4.78 is 0. The highest BCUT2D eigenvalue weighted by Gasteiger charge is 2.36. The van der Waals surface area contributed by atoms with Crippen LogP contribution in [0.3, 0.4) is 0 Å². The molecule has 1 aromatic rings. The van der Waals surface area contributed by atoms with Crippen molar-refractivity contribution in [2.75, 3.05) is 11.5 Å². The van der Waals surface area contributed by atoms with Crippen LogP contribution in [0.25, 0.3) is 0 Å². The van der Waals surface area contributed by atoms with Gasteiger partial charge in [-0.2, -0.15) is 12.6 Å². The SMILES string of the molecule is Nc1ccc(C2(CS)CCC2)cc1. The first-order chi connectivity index (χ1) is 6.27. The van der Waals surface area contributed by atoms with Crippen LogP contribution in [0.1, 0.15) is 24.8 Å². The second kappa shape index (κ2) is 3.26. The Morgan fingerprint density at radius 1 is 1.23 bits per heavy atom. The number of nitrogens with two attached hydrogens (primary N) is 1. The zero-order valence-electron chi connectivity index (χ0n) is 7.66. The molecule has 0 amide bonds. The average molecular weight is 193 g/mol. The summed E-state index contributed by atoms with van der Waals surface area (Å²) in [5.41, 5.74) is 8.26. The van der Waals surface area contributed by atoms with E-state index in [4.69, 9.17) is 5.73 Å². The molecule has 2 N–H and O–H groups in total. The predicted octanol–water partition coefficient (Wildman–Crippen LogP) is 2.62. The van der Waals surface area contributed by atoms with Crippen molar-refractivity contribution in [3.63, 3.8) is 0 Å². The first kappa shape index (κ1) is 8.95. The van der Waals surface area contributed by atoms with Crippen LogP contribution in [0.2, 0.25) is 0 Å². The number of anilines is 1. The van der Waals surface area contributed by atoms with Gasteiger partial charge >= 0.3 is 0 Å². The summed E-state index contributed by atoms with van der Waals surface area (Å²) in [5.74, 6) is 0.955. The Hall–Kier alpha value is -0.630. The Morgan fingerprint density at radius 3 is 2.23 bits per heavy atom. The lowest BCUT2D eigenvalue weighted by Crippen LogP contribution is -2.35. The summed E-state index contributed by atoms with van der Waals surface area (Å²) in [6.45, 7) is 0. The summed E-state index contributed by atoms with van der Waals surface area (Å²) in [7, 11) is 0. The molecule has 13 heavy (non-hydrogen) atoms. The maximum absolute atomic E-state index is 5.65. The second-order valence-corrected chi connectivity index (χ2v) is 4.23. The molecular weight excluding hydrogens is 178 g/mol. The third-order valence-electron chi connectivity index (χ3n) is 3.14. The van der Waals surface area contributed by atoms with Gasteiger partial charge in [0.25, 0.3) is 0 Å². The number of hydrogen-bond donors (Lipinski definition) is 2. The molecule has 1 aliphatic rings. The molecule has 2 heteroatoms. The molecule has 1 saturated carbocycles. The Labute approximate surface area is 84.7 Å². The minimum atomic E-state index is 0.358. The van der Waals surface area contributed by atoms with Crippen LogP contribution in [-0.2, 0) is 5.41 Å². The van der Waals surface area contributed by atoms with Crippen molar-refractivity contribution in [2.24, 2.45) is 0 Å². The Balaban J connectivity index is 2.28. The summed E-state index contributed by atoms with van der Waals surface area (Å²) in [6.07, 6.45) is 3.89. The smallest absolute Gasteiger partial charge is 0.0314 e. The molecule has 0 radical (unpaired) electrons. The van der Waals surface area contributed by atoms with E-state index in [-0.39, 0.29) is 0 Å². The van der Waals surface area contributed by atoms with Crippen molar-refractivity contribution in [2.45, 2.75) is 24.7 Å². The molecular formula is C11H15NS. The fourth-order valence-electron chi connectivity index (χ4n) is 1.98. The third-order valence-corrected chi connectivity index (χ3v) is 3.74. The average Bonchev–Trinajstić information content (AvgIpc) is 2.07. The van der Waals surface area contributed by atoms with Gasteiger partial charge in [0.05, 0.1) is 0 Å². The lowest BCUT2D eigenvalue weighted by atomic mass is 9.66. The normalized spacial score (nSPS) is 19.5. The maximum Gasteiger partial charge on any atom is 0.0314 e. The van der Waals surface area contributed by atoms with Gasteiger partial charge in [-0.1, -0.05) is 18.6 Å². The fourth-order valence-corrected chi connectivity index (χ4v) is 2.48. The first-order valence-electron chi connectivity index (χ1n) is 4.74. The third kappa shape index (κ3) is 1.44. The van der Waals surface area contributed by atoms with Gasteiger partial charge in [-0.15, -0.1) is 0 Å². The quantitative estimate of drug-likeness (QED) is 0.548.